The van der Waals surface area contributed by atoms with Gasteiger partial charge in [0.05, 0.1) is 5.69 Å². The zero-order chi connectivity index (χ0) is 15.2. The summed E-state index contributed by atoms with van der Waals surface area (Å²) in [5.74, 6) is 1.12. The SMILES string of the molecule is CCCNCc1c(N(C)CCCN(C)C)nc2sccn12. The number of hydrogen-bond acceptors (Lipinski definition) is 5. The molecular formula is C15H27N5S. The highest BCUT2D eigenvalue weighted by Crippen LogP contribution is 2.24. The second-order valence-corrected chi connectivity index (χ2v) is 6.57. The van der Waals surface area contributed by atoms with E-state index in [0.717, 1.165) is 49.8 Å². The molecule has 0 aliphatic heterocycles. The Balaban J connectivity index is 2.09. The van der Waals surface area contributed by atoms with E-state index in [4.69, 9.17) is 4.98 Å². The van der Waals surface area contributed by atoms with E-state index in [1.54, 1.807) is 11.3 Å². The van der Waals surface area contributed by atoms with Gasteiger partial charge < -0.3 is 15.1 Å². The third-order valence-electron chi connectivity index (χ3n) is 3.52. The van der Waals surface area contributed by atoms with Gasteiger partial charge in [0.25, 0.3) is 0 Å². The van der Waals surface area contributed by atoms with E-state index in [2.05, 4.69) is 59.2 Å². The quantitative estimate of drug-likeness (QED) is 0.721. The van der Waals surface area contributed by atoms with Gasteiger partial charge in [-0.2, -0.15) is 0 Å². The lowest BCUT2D eigenvalue weighted by atomic mass is 10.3. The highest BCUT2D eigenvalue weighted by atomic mass is 32.1. The molecular weight excluding hydrogens is 282 g/mol. The minimum absolute atomic E-state index is 0.874. The van der Waals surface area contributed by atoms with Crippen LogP contribution in [0.4, 0.5) is 5.82 Å². The first-order chi connectivity index (χ1) is 10.1. The molecule has 0 amide bonds. The summed E-state index contributed by atoms with van der Waals surface area (Å²) in [5.41, 5.74) is 1.27. The molecule has 2 aromatic rings. The Hall–Kier alpha value is -1.11. The first kappa shape index (κ1) is 16.3. The summed E-state index contributed by atoms with van der Waals surface area (Å²) in [6.07, 6.45) is 4.42. The average Bonchev–Trinajstić information content (AvgIpc) is 3.00. The first-order valence-electron chi connectivity index (χ1n) is 7.64. The Bertz CT molecular complexity index is 545. The Morgan fingerprint density at radius 2 is 2.10 bits per heavy atom. The molecule has 21 heavy (non-hydrogen) atoms. The maximum Gasteiger partial charge on any atom is 0.195 e. The van der Waals surface area contributed by atoms with Crippen LogP contribution < -0.4 is 10.2 Å². The molecule has 5 nitrogen and oxygen atoms in total. The third-order valence-corrected chi connectivity index (χ3v) is 4.28. The average molecular weight is 309 g/mol. The first-order valence-corrected chi connectivity index (χ1v) is 8.52. The fourth-order valence-electron chi connectivity index (χ4n) is 2.40. The van der Waals surface area contributed by atoms with Gasteiger partial charge in [-0.3, -0.25) is 4.40 Å². The van der Waals surface area contributed by atoms with Crippen LogP contribution >= 0.6 is 11.3 Å². The number of thiazole rings is 1. The molecule has 118 valence electrons. The number of nitrogens with zero attached hydrogens (tertiary/aromatic N) is 4. The molecule has 0 aliphatic carbocycles. The van der Waals surface area contributed by atoms with Gasteiger partial charge in [-0.05, 0) is 40.0 Å². The second-order valence-electron chi connectivity index (χ2n) is 5.69. The molecule has 0 fully saturated rings. The molecule has 2 heterocycles. The number of hydrogen-bond donors (Lipinski definition) is 1. The predicted octanol–water partition coefficient (Wildman–Crippen LogP) is 2.28. The molecule has 0 unspecified atom stereocenters. The van der Waals surface area contributed by atoms with Crippen molar-refractivity contribution >= 4 is 22.1 Å². The Labute approximate surface area is 131 Å². The van der Waals surface area contributed by atoms with Crippen molar-refractivity contribution in [3.05, 3.63) is 17.3 Å². The van der Waals surface area contributed by atoms with Crippen LogP contribution in [0.3, 0.4) is 0 Å². The van der Waals surface area contributed by atoms with Crippen LogP contribution in [0.25, 0.3) is 4.96 Å². The van der Waals surface area contributed by atoms with E-state index in [1.807, 2.05) is 0 Å². The number of aromatic nitrogens is 2. The molecule has 2 rings (SSSR count). The molecule has 0 atom stereocenters. The fourth-order valence-corrected chi connectivity index (χ4v) is 3.13. The number of rotatable bonds is 9. The van der Waals surface area contributed by atoms with E-state index in [0.29, 0.717) is 0 Å². The lowest BCUT2D eigenvalue weighted by Crippen LogP contribution is -2.25. The van der Waals surface area contributed by atoms with Crippen LogP contribution in [0.2, 0.25) is 0 Å². The number of fused-ring (bicyclic) bond motifs is 1. The summed E-state index contributed by atoms with van der Waals surface area (Å²) in [7, 11) is 6.38. The van der Waals surface area contributed by atoms with Crippen molar-refractivity contribution in [2.24, 2.45) is 0 Å². The zero-order valence-electron chi connectivity index (χ0n) is 13.6. The van der Waals surface area contributed by atoms with Crippen molar-refractivity contribution in [3.63, 3.8) is 0 Å². The van der Waals surface area contributed by atoms with Crippen LogP contribution in [0.5, 0.6) is 0 Å². The van der Waals surface area contributed by atoms with Gasteiger partial charge in [0.15, 0.2) is 10.8 Å². The Morgan fingerprint density at radius 1 is 1.29 bits per heavy atom. The minimum Gasteiger partial charge on any atom is -0.358 e. The molecule has 1 N–H and O–H groups in total. The molecule has 0 spiro atoms. The third kappa shape index (κ3) is 4.18. The van der Waals surface area contributed by atoms with Gasteiger partial charge in [0.2, 0.25) is 0 Å². The highest BCUT2D eigenvalue weighted by molar-refractivity contribution is 7.15. The van der Waals surface area contributed by atoms with Crippen LogP contribution in [0, 0.1) is 0 Å². The smallest absolute Gasteiger partial charge is 0.195 e. The molecule has 0 saturated heterocycles. The maximum atomic E-state index is 4.80. The lowest BCUT2D eigenvalue weighted by Gasteiger charge is -2.19. The van der Waals surface area contributed by atoms with Gasteiger partial charge in [0.1, 0.15) is 0 Å². The van der Waals surface area contributed by atoms with E-state index in [9.17, 15) is 0 Å². The molecule has 0 bridgehead atoms. The Morgan fingerprint density at radius 3 is 2.81 bits per heavy atom. The van der Waals surface area contributed by atoms with E-state index in [-0.39, 0.29) is 0 Å². The van der Waals surface area contributed by atoms with Gasteiger partial charge in [-0.25, -0.2) is 4.98 Å². The highest BCUT2D eigenvalue weighted by Gasteiger charge is 2.16. The van der Waals surface area contributed by atoms with Crippen molar-refractivity contribution in [3.8, 4) is 0 Å². The van der Waals surface area contributed by atoms with Crippen LogP contribution in [0.15, 0.2) is 11.6 Å². The summed E-state index contributed by atoms with van der Waals surface area (Å²) in [6.45, 7) is 6.25. The second kappa shape index (κ2) is 7.77. The van der Waals surface area contributed by atoms with Gasteiger partial charge >= 0.3 is 0 Å². The van der Waals surface area contributed by atoms with Gasteiger partial charge in [-0.1, -0.05) is 6.92 Å². The van der Waals surface area contributed by atoms with Crippen LogP contribution in [0.1, 0.15) is 25.5 Å². The number of nitrogens with one attached hydrogen (secondary N) is 1. The van der Waals surface area contributed by atoms with E-state index < -0.39 is 0 Å². The summed E-state index contributed by atoms with van der Waals surface area (Å²) >= 11 is 1.70. The van der Waals surface area contributed by atoms with Crippen LogP contribution in [-0.4, -0.2) is 55.1 Å². The van der Waals surface area contributed by atoms with E-state index in [1.165, 1.54) is 5.69 Å². The zero-order valence-corrected chi connectivity index (χ0v) is 14.4. The fraction of sp³-hybridized carbons (Fsp3) is 0.667. The monoisotopic (exact) mass is 309 g/mol. The predicted molar refractivity (Wildman–Crippen MR) is 91.5 cm³/mol. The standard InChI is InChI=1S/C15H27N5S/c1-5-7-16-12-13-14(17-15-20(13)10-11-21-15)19(4)9-6-8-18(2)3/h10-11,16H,5-9,12H2,1-4H3. The maximum absolute atomic E-state index is 4.80. The molecule has 6 heteroatoms. The van der Waals surface area contributed by atoms with Crippen molar-refractivity contribution in [1.82, 2.24) is 19.6 Å². The van der Waals surface area contributed by atoms with E-state index >= 15 is 0 Å². The van der Waals surface area contributed by atoms with Crippen molar-refractivity contribution in [2.75, 3.05) is 45.7 Å². The molecule has 0 aliphatic rings. The van der Waals surface area contributed by atoms with Gasteiger partial charge in [-0.15, -0.1) is 11.3 Å². The van der Waals surface area contributed by atoms with Crippen molar-refractivity contribution in [2.45, 2.75) is 26.3 Å². The summed E-state index contributed by atoms with van der Waals surface area (Å²) in [5, 5.41) is 5.60. The molecule has 0 saturated carbocycles. The number of anilines is 1. The lowest BCUT2D eigenvalue weighted by molar-refractivity contribution is 0.401. The minimum atomic E-state index is 0.874. The largest absolute Gasteiger partial charge is 0.358 e. The van der Waals surface area contributed by atoms with Crippen LogP contribution in [-0.2, 0) is 6.54 Å². The number of imidazole rings is 1. The molecule has 2 aromatic heterocycles. The molecule has 0 radical (unpaired) electrons. The van der Waals surface area contributed by atoms with Crippen molar-refractivity contribution < 1.29 is 0 Å². The summed E-state index contributed by atoms with van der Waals surface area (Å²) < 4.78 is 2.21. The molecule has 0 aromatic carbocycles. The van der Waals surface area contributed by atoms with Gasteiger partial charge in [0, 0.05) is 31.7 Å². The summed E-state index contributed by atoms with van der Waals surface area (Å²) in [6, 6.07) is 0. The normalized spacial score (nSPS) is 11.7. The Kier molecular flexibility index (Phi) is 6.02. The summed E-state index contributed by atoms with van der Waals surface area (Å²) in [4.78, 5) is 10.4. The van der Waals surface area contributed by atoms with Crippen molar-refractivity contribution in [1.29, 1.82) is 0 Å². The topological polar surface area (TPSA) is 35.8 Å².